The average molecular weight is 355 g/mol. The number of aromatic nitrogens is 1. The van der Waals surface area contributed by atoms with Gasteiger partial charge in [-0.2, -0.15) is 0 Å². The number of hydrogen-bond donors (Lipinski definition) is 3. The first-order chi connectivity index (χ1) is 12.0. The van der Waals surface area contributed by atoms with Gasteiger partial charge in [0, 0.05) is 45.1 Å². The number of carbonyl (C=O) groups excluding carboxylic acids is 1. The first kappa shape index (κ1) is 16.0. The Hall–Kier alpha value is -2.47. The molecule has 128 valence electrons. The lowest BCUT2D eigenvalue weighted by Gasteiger charge is -2.21. The number of anilines is 1. The smallest absolute Gasteiger partial charge is 0.250 e. The second kappa shape index (κ2) is 5.81. The van der Waals surface area contributed by atoms with Crippen molar-refractivity contribution in [2.45, 2.75) is 18.7 Å². The fraction of sp³-hybridized carbons (Fsp3) is 0.211. The van der Waals surface area contributed by atoms with E-state index in [0.29, 0.717) is 11.1 Å². The maximum atomic E-state index is 15.1. The topological polar surface area (TPSA) is 70.9 Å². The highest BCUT2D eigenvalue weighted by Crippen LogP contribution is 2.44. The number of primary amides is 1. The average Bonchev–Trinajstić information content (AvgIpc) is 2.89. The summed E-state index contributed by atoms with van der Waals surface area (Å²) >= 11 is 1.72. The van der Waals surface area contributed by atoms with Gasteiger partial charge in [0.1, 0.15) is 5.82 Å². The van der Waals surface area contributed by atoms with E-state index in [4.69, 9.17) is 5.73 Å². The number of nitrogens with one attached hydrogen (secondary N) is 2. The van der Waals surface area contributed by atoms with Crippen LogP contribution in [0.5, 0.6) is 0 Å². The molecule has 0 atom stereocenters. The number of aryl methyl sites for hydroxylation is 2. The lowest BCUT2D eigenvalue weighted by atomic mass is 9.95. The van der Waals surface area contributed by atoms with E-state index in [1.54, 1.807) is 11.8 Å². The molecule has 1 aliphatic rings. The molecule has 0 unspecified atom stereocenters. The molecule has 6 heteroatoms. The molecule has 0 fully saturated rings. The molecule has 1 aliphatic heterocycles. The third kappa shape index (κ3) is 2.40. The van der Waals surface area contributed by atoms with Crippen molar-refractivity contribution in [2.75, 3.05) is 17.6 Å². The van der Waals surface area contributed by atoms with E-state index in [1.807, 2.05) is 32.0 Å². The van der Waals surface area contributed by atoms with Crippen LogP contribution in [-0.4, -0.2) is 23.2 Å². The predicted molar refractivity (Wildman–Crippen MR) is 101 cm³/mol. The normalized spacial score (nSPS) is 13.6. The molecule has 0 saturated carbocycles. The number of H-pyrrole nitrogens is 1. The molecule has 25 heavy (non-hydrogen) atoms. The van der Waals surface area contributed by atoms with Gasteiger partial charge in [-0.25, -0.2) is 4.39 Å². The number of halogens is 1. The third-order valence-corrected chi connectivity index (χ3v) is 5.88. The standard InChI is InChI=1S/C19H18FN3OS/c1-9-10(2)23-17-12(19(21)24)8-13(20)16(15(9)17)11-4-3-5-14-18(11)25-7-6-22-14/h3-5,8,22-23H,6-7H2,1-2H3,(H2,21,24). The first-order valence-corrected chi connectivity index (χ1v) is 9.09. The van der Waals surface area contributed by atoms with Crippen molar-refractivity contribution >= 4 is 34.3 Å². The molecular formula is C19H18FN3OS. The van der Waals surface area contributed by atoms with Gasteiger partial charge in [-0.1, -0.05) is 12.1 Å². The summed E-state index contributed by atoms with van der Waals surface area (Å²) < 4.78 is 15.1. The summed E-state index contributed by atoms with van der Waals surface area (Å²) in [5, 5.41) is 4.09. The summed E-state index contributed by atoms with van der Waals surface area (Å²) in [6.45, 7) is 4.74. The Morgan fingerprint density at radius 1 is 1.32 bits per heavy atom. The van der Waals surface area contributed by atoms with Crippen molar-refractivity contribution in [3.8, 4) is 11.1 Å². The number of fused-ring (bicyclic) bond motifs is 2. The molecule has 4 rings (SSSR count). The van der Waals surface area contributed by atoms with Gasteiger partial charge < -0.3 is 16.0 Å². The summed E-state index contributed by atoms with van der Waals surface area (Å²) in [5.74, 6) is -0.134. The number of benzene rings is 2. The zero-order chi connectivity index (χ0) is 17.7. The minimum absolute atomic E-state index is 0.183. The summed E-state index contributed by atoms with van der Waals surface area (Å²) in [6.07, 6.45) is 0. The monoisotopic (exact) mass is 355 g/mol. The highest BCUT2D eigenvalue weighted by atomic mass is 32.2. The Labute approximate surface area is 149 Å². The number of rotatable bonds is 2. The summed E-state index contributed by atoms with van der Waals surface area (Å²) in [6, 6.07) is 7.11. The lowest BCUT2D eigenvalue weighted by Crippen LogP contribution is -2.13. The van der Waals surface area contributed by atoms with Crippen LogP contribution in [0.2, 0.25) is 0 Å². The molecule has 0 radical (unpaired) electrons. The largest absolute Gasteiger partial charge is 0.383 e. The van der Waals surface area contributed by atoms with Crippen LogP contribution in [0.25, 0.3) is 22.0 Å². The van der Waals surface area contributed by atoms with Crippen molar-refractivity contribution < 1.29 is 9.18 Å². The SMILES string of the molecule is Cc1[nH]c2c(C(N)=O)cc(F)c(-c3cccc4c3SCCN4)c2c1C. The summed E-state index contributed by atoms with van der Waals surface area (Å²) in [5.41, 5.74) is 10.5. The van der Waals surface area contributed by atoms with Crippen LogP contribution in [-0.2, 0) is 0 Å². The van der Waals surface area contributed by atoms with Crippen LogP contribution in [0.15, 0.2) is 29.2 Å². The van der Waals surface area contributed by atoms with Crippen LogP contribution in [0.4, 0.5) is 10.1 Å². The zero-order valence-electron chi connectivity index (χ0n) is 14.0. The molecule has 0 bridgehead atoms. The molecule has 1 aromatic heterocycles. The second-order valence-electron chi connectivity index (χ2n) is 6.23. The summed E-state index contributed by atoms with van der Waals surface area (Å²) in [7, 11) is 0. The molecule has 1 amide bonds. The predicted octanol–water partition coefficient (Wildman–Crippen LogP) is 4.21. The Balaban J connectivity index is 2.12. The maximum Gasteiger partial charge on any atom is 0.250 e. The number of aromatic amines is 1. The zero-order valence-corrected chi connectivity index (χ0v) is 14.8. The molecule has 2 heterocycles. The third-order valence-electron chi connectivity index (χ3n) is 4.74. The van der Waals surface area contributed by atoms with Gasteiger partial charge in [-0.3, -0.25) is 4.79 Å². The van der Waals surface area contributed by atoms with Crippen molar-refractivity contribution in [3.05, 3.63) is 46.9 Å². The minimum atomic E-state index is -0.636. The van der Waals surface area contributed by atoms with E-state index < -0.39 is 11.7 Å². The number of amides is 1. The lowest BCUT2D eigenvalue weighted by molar-refractivity contribution is 0.100. The molecule has 0 spiro atoms. The Bertz CT molecular complexity index is 1030. The number of nitrogens with two attached hydrogens (primary N) is 1. The van der Waals surface area contributed by atoms with Crippen LogP contribution < -0.4 is 11.1 Å². The van der Waals surface area contributed by atoms with Gasteiger partial charge in [0.15, 0.2) is 0 Å². The quantitative estimate of drug-likeness (QED) is 0.645. The van der Waals surface area contributed by atoms with E-state index >= 15 is 4.39 Å². The van der Waals surface area contributed by atoms with Gasteiger partial charge in [-0.05, 0) is 31.5 Å². The Morgan fingerprint density at radius 2 is 2.12 bits per heavy atom. The second-order valence-corrected chi connectivity index (χ2v) is 7.33. The molecule has 2 aromatic carbocycles. The molecule has 3 aromatic rings. The van der Waals surface area contributed by atoms with Crippen molar-refractivity contribution in [1.82, 2.24) is 4.98 Å². The van der Waals surface area contributed by atoms with Crippen LogP contribution >= 0.6 is 11.8 Å². The maximum absolute atomic E-state index is 15.1. The number of thioether (sulfide) groups is 1. The van der Waals surface area contributed by atoms with Crippen LogP contribution in [0, 0.1) is 19.7 Å². The highest BCUT2D eigenvalue weighted by Gasteiger charge is 2.24. The Morgan fingerprint density at radius 3 is 2.88 bits per heavy atom. The number of carbonyl (C=O) groups is 1. The van der Waals surface area contributed by atoms with E-state index in [-0.39, 0.29) is 5.56 Å². The minimum Gasteiger partial charge on any atom is -0.383 e. The first-order valence-electron chi connectivity index (χ1n) is 8.10. The van der Waals surface area contributed by atoms with Crippen molar-refractivity contribution in [3.63, 3.8) is 0 Å². The van der Waals surface area contributed by atoms with Gasteiger partial charge in [-0.15, -0.1) is 11.8 Å². The molecule has 0 aliphatic carbocycles. The van der Waals surface area contributed by atoms with E-state index in [2.05, 4.69) is 10.3 Å². The van der Waals surface area contributed by atoms with E-state index in [0.717, 1.165) is 45.1 Å². The van der Waals surface area contributed by atoms with Crippen molar-refractivity contribution in [1.29, 1.82) is 0 Å². The fourth-order valence-electron chi connectivity index (χ4n) is 3.45. The molecule has 0 saturated heterocycles. The number of hydrogen-bond acceptors (Lipinski definition) is 3. The summed E-state index contributed by atoms with van der Waals surface area (Å²) in [4.78, 5) is 16.0. The van der Waals surface area contributed by atoms with E-state index in [1.165, 1.54) is 6.07 Å². The van der Waals surface area contributed by atoms with E-state index in [9.17, 15) is 4.79 Å². The molecular weight excluding hydrogens is 337 g/mol. The fourth-order valence-corrected chi connectivity index (χ4v) is 4.48. The van der Waals surface area contributed by atoms with Crippen LogP contribution in [0.1, 0.15) is 21.6 Å². The van der Waals surface area contributed by atoms with Crippen LogP contribution in [0.3, 0.4) is 0 Å². The van der Waals surface area contributed by atoms with Gasteiger partial charge in [0.2, 0.25) is 0 Å². The van der Waals surface area contributed by atoms with Gasteiger partial charge in [0.25, 0.3) is 5.91 Å². The van der Waals surface area contributed by atoms with Crippen molar-refractivity contribution in [2.24, 2.45) is 5.73 Å². The molecule has 4 N–H and O–H groups in total. The van der Waals surface area contributed by atoms with Gasteiger partial charge in [0.05, 0.1) is 11.1 Å². The van der Waals surface area contributed by atoms with Gasteiger partial charge >= 0.3 is 0 Å². The Kier molecular flexibility index (Phi) is 3.72. The molecule has 4 nitrogen and oxygen atoms in total. The highest BCUT2D eigenvalue weighted by molar-refractivity contribution is 7.99.